The standard InChI is InChI=1S/C22H18N6O5S2/c1-32-17-11-18(33-2)25-21(24-17)26-22(29)27-35(30,31)16-10-6-9-14-19-15(34-20(14)16)12-23-28(19)13-7-4-3-5-8-13/h3-12H,1-2H3,(H2,24,25,26,27,29). The maximum absolute atomic E-state index is 13.2. The molecule has 0 atom stereocenters. The molecule has 0 saturated carbocycles. The van der Waals surface area contributed by atoms with E-state index in [2.05, 4.69) is 20.4 Å². The van der Waals surface area contributed by atoms with E-state index in [9.17, 15) is 13.2 Å². The Hall–Kier alpha value is -4.23. The molecule has 0 saturated heterocycles. The van der Waals surface area contributed by atoms with Gasteiger partial charge in [0.2, 0.25) is 17.7 Å². The van der Waals surface area contributed by atoms with Gasteiger partial charge in [0.25, 0.3) is 10.0 Å². The van der Waals surface area contributed by atoms with Crippen molar-refractivity contribution in [3.05, 3.63) is 60.8 Å². The number of amides is 2. The summed E-state index contributed by atoms with van der Waals surface area (Å²) in [5.74, 6) is 0.0898. The van der Waals surface area contributed by atoms with E-state index in [4.69, 9.17) is 9.47 Å². The summed E-state index contributed by atoms with van der Waals surface area (Å²) >= 11 is 1.28. The maximum Gasteiger partial charge on any atom is 0.335 e. The van der Waals surface area contributed by atoms with Crippen LogP contribution in [0.3, 0.4) is 0 Å². The van der Waals surface area contributed by atoms with Crippen LogP contribution in [0, 0.1) is 0 Å². The van der Waals surface area contributed by atoms with Gasteiger partial charge >= 0.3 is 6.03 Å². The zero-order chi connectivity index (χ0) is 24.6. The summed E-state index contributed by atoms with van der Waals surface area (Å²) in [6, 6.07) is 14.8. The topological polar surface area (TPSA) is 137 Å². The summed E-state index contributed by atoms with van der Waals surface area (Å²) < 4.78 is 41.5. The lowest BCUT2D eigenvalue weighted by Gasteiger charge is -2.10. The minimum absolute atomic E-state index is 0.0323. The Labute approximate surface area is 203 Å². The Kier molecular flexibility index (Phi) is 5.70. The lowest BCUT2D eigenvalue weighted by molar-refractivity contribution is 0.256. The van der Waals surface area contributed by atoms with Gasteiger partial charge in [0.1, 0.15) is 4.90 Å². The SMILES string of the molecule is COc1cc(OC)nc(NC(=O)NS(=O)(=O)c2cccc3c2sc2cnn(-c4ccccc4)c23)n1. The number of hydrogen-bond donors (Lipinski definition) is 2. The van der Waals surface area contributed by atoms with Crippen LogP contribution in [0.15, 0.2) is 65.7 Å². The number of fused-ring (bicyclic) bond motifs is 3. The number of hydrogen-bond acceptors (Lipinski definition) is 9. The van der Waals surface area contributed by atoms with E-state index >= 15 is 0 Å². The maximum atomic E-state index is 13.2. The first-order valence-corrected chi connectivity index (χ1v) is 12.4. The number of carbonyl (C=O) groups excluding carboxylic acids is 1. The number of thiophene rings is 1. The van der Waals surface area contributed by atoms with Crippen LogP contribution in [0.4, 0.5) is 10.7 Å². The molecule has 3 heterocycles. The molecule has 178 valence electrons. The monoisotopic (exact) mass is 510 g/mol. The van der Waals surface area contributed by atoms with Crippen molar-refractivity contribution < 1.29 is 22.7 Å². The molecule has 0 unspecified atom stereocenters. The van der Waals surface area contributed by atoms with E-state index in [1.807, 2.05) is 41.1 Å². The fourth-order valence-corrected chi connectivity index (χ4v) is 6.05. The second-order valence-electron chi connectivity index (χ2n) is 7.18. The van der Waals surface area contributed by atoms with Gasteiger partial charge in [-0.3, -0.25) is 5.32 Å². The number of carbonyl (C=O) groups is 1. The van der Waals surface area contributed by atoms with Crippen LogP contribution in [-0.2, 0) is 10.0 Å². The third-order valence-electron chi connectivity index (χ3n) is 5.02. The Bertz CT molecular complexity index is 1640. The second-order valence-corrected chi connectivity index (χ2v) is 9.88. The van der Waals surface area contributed by atoms with E-state index in [1.54, 1.807) is 16.9 Å². The van der Waals surface area contributed by atoms with Gasteiger partial charge in [-0.05, 0) is 18.2 Å². The first-order chi connectivity index (χ1) is 16.9. The zero-order valence-electron chi connectivity index (χ0n) is 18.4. The fourth-order valence-electron chi connectivity index (χ4n) is 3.52. The van der Waals surface area contributed by atoms with Crippen molar-refractivity contribution in [1.29, 1.82) is 0 Å². The van der Waals surface area contributed by atoms with Crippen LogP contribution in [0.2, 0.25) is 0 Å². The molecule has 2 aromatic carbocycles. The van der Waals surface area contributed by atoms with Gasteiger partial charge in [0.05, 0.1) is 47.1 Å². The quantitative estimate of drug-likeness (QED) is 0.354. The molecule has 5 rings (SSSR count). The van der Waals surface area contributed by atoms with Crippen LogP contribution in [0.5, 0.6) is 11.8 Å². The van der Waals surface area contributed by atoms with Crippen LogP contribution in [-0.4, -0.2) is 48.4 Å². The highest BCUT2D eigenvalue weighted by molar-refractivity contribution is 7.90. The van der Waals surface area contributed by atoms with E-state index in [-0.39, 0.29) is 22.6 Å². The predicted molar refractivity (Wildman–Crippen MR) is 131 cm³/mol. The molecule has 35 heavy (non-hydrogen) atoms. The molecule has 0 radical (unpaired) electrons. The highest BCUT2D eigenvalue weighted by Gasteiger charge is 2.24. The second kappa shape index (κ2) is 8.85. The summed E-state index contributed by atoms with van der Waals surface area (Å²) in [6.07, 6.45) is 1.69. The van der Waals surface area contributed by atoms with Crippen molar-refractivity contribution in [2.75, 3.05) is 19.5 Å². The van der Waals surface area contributed by atoms with Crippen molar-refractivity contribution in [3.63, 3.8) is 0 Å². The Morgan fingerprint density at radius 2 is 1.71 bits per heavy atom. The molecule has 13 heteroatoms. The first-order valence-electron chi connectivity index (χ1n) is 10.1. The number of nitrogens with zero attached hydrogens (tertiary/aromatic N) is 4. The first kappa shape index (κ1) is 22.6. The molecule has 0 aliphatic rings. The average Bonchev–Trinajstić information content (AvgIpc) is 3.43. The van der Waals surface area contributed by atoms with Crippen LogP contribution in [0.1, 0.15) is 0 Å². The molecule has 0 fully saturated rings. The largest absolute Gasteiger partial charge is 0.481 e. The molecule has 11 nitrogen and oxygen atoms in total. The fraction of sp³-hybridized carbons (Fsp3) is 0.0909. The van der Waals surface area contributed by atoms with Crippen molar-refractivity contribution in [1.82, 2.24) is 24.5 Å². The Morgan fingerprint density at radius 3 is 2.40 bits per heavy atom. The van der Waals surface area contributed by atoms with Crippen molar-refractivity contribution in [2.24, 2.45) is 0 Å². The highest BCUT2D eigenvalue weighted by Crippen LogP contribution is 2.38. The van der Waals surface area contributed by atoms with Crippen molar-refractivity contribution in [3.8, 4) is 17.4 Å². The molecule has 2 amide bonds. The summed E-state index contributed by atoms with van der Waals surface area (Å²) in [6.45, 7) is 0. The summed E-state index contributed by atoms with van der Waals surface area (Å²) in [5.41, 5.74) is 1.64. The highest BCUT2D eigenvalue weighted by atomic mass is 32.2. The van der Waals surface area contributed by atoms with E-state index in [0.29, 0.717) is 10.1 Å². The van der Waals surface area contributed by atoms with Crippen LogP contribution in [0.25, 0.3) is 26.0 Å². The number of aromatic nitrogens is 4. The van der Waals surface area contributed by atoms with Gasteiger partial charge in [0, 0.05) is 5.39 Å². The Balaban J connectivity index is 1.48. The van der Waals surface area contributed by atoms with Crippen molar-refractivity contribution in [2.45, 2.75) is 4.90 Å². The molecule has 0 aliphatic carbocycles. The summed E-state index contributed by atoms with van der Waals surface area (Å²) in [4.78, 5) is 20.4. The summed E-state index contributed by atoms with van der Waals surface area (Å²) in [7, 11) is -1.46. The lowest BCUT2D eigenvalue weighted by Crippen LogP contribution is -2.35. The Morgan fingerprint density at radius 1 is 1.00 bits per heavy atom. The van der Waals surface area contributed by atoms with E-state index in [0.717, 1.165) is 15.9 Å². The minimum atomic E-state index is -4.24. The molecule has 3 aromatic heterocycles. The van der Waals surface area contributed by atoms with Gasteiger partial charge in [-0.25, -0.2) is 22.6 Å². The van der Waals surface area contributed by atoms with E-state index in [1.165, 1.54) is 37.7 Å². The molecule has 0 aliphatic heterocycles. The smallest absolute Gasteiger partial charge is 0.335 e. The summed E-state index contributed by atoms with van der Waals surface area (Å²) in [5, 5.41) is 7.45. The average molecular weight is 511 g/mol. The van der Waals surface area contributed by atoms with Gasteiger partial charge in [-0.2, -0.15) is 15.1 Å². The number of urea groups is 1. The van der Waals surface area contributed by atoms with Crippen LogP contribution < -0.4 is 19.5 Å². The van der Waals surface area contributed by atoms with Gasteiger partial charge in [-0.15, -0.1) is 11.3 Å². The zero-order valence-corrected chi connectivity index (χ0v) is 20.1. The molecule has 5 aromatic rings. The molecular formula is C22H18N6O5S2. The number of para-hydroxylation sites is 1. The van der Waals surface area contributed by atoms with Gasteiger partial charge < -0.3 is 9.47 Å². The predicted octanol–water partition coefficient (Wildman–Crippen LogP) is 3.56. The number of rotatable bonds is 6. The van der Waals surface area contributed by atoms with Crippen LogP contribution >= 0.6 is 11.3 Å². The number of anilines is 1. The minimum Gasteiger partial charge on any atom is -0.481 e. The number of sulfonamides is 1. The molecule has 2 N–H and O–H groups in total. The number of methoxy groups -OCH3 is 2. The molecular weight excluding hydrogens is 492 g/mol. The third kappa shape index (κ3) is 4.22. The normalized spacial score (nSPS) is 11.5. The molecule has 0 spiro atoms. The van der Waals surface area contributed by atoms with Gasteiger partial charge in [0.15, 0.2) is 0 Å². The number of benzene rings is 2. The number of nitrogens with one attached hydrogen (secondary N) is 2. The third-order valence-corrected chi connectivity index (χ3v) is 7.69. The lowest BCUT2D eigenvalue weighted by atomic mass is 10.2. The number of ether oxygens (including phenoxy) is 2. The molecule has 0 bridgehead atoms. The van der Waals surface area contributed by atoms with E-state index < -0.39 is 16.1 Å². The van der Waals surface area contributed by atoms with Gasteiger partial charge in [-0.1, -0.05) is 30.3 Å². The van der Waals surface area contributed by atoms with Crippen molar-refractivity contribution >= 4 is 53.6 Å².